The minimum absolute atomic E-state index is 0.0862. The van der Waals surface area contributed by atoms with Crippen LogP contribution in [0.1, 0.15) is 18.4 Å². The van der Waals surface area contributed by atoms with Crippen LogP contribution >= 0.6 is 0 Å². The minimum atomic E-state index is -1.77. The third-order valence-corrected chi connectivity index (χ3v) is 5.92. The highest BCUT2D eigenvalue weighted by atomic mass is 16.5. The van der Waals surface area contributed by atoms with Crippen LogP contribution < -0.4 is 15.2 Å². The standard InChI is InChI=1S/C23H23N5O4/c1-4-32-18-6-5-14(9-19(18)30-2)20-15(10-24)21(27)23(12-25,13-26)17-7-8-28(11-16(17)20)22(29)31-3/h5-7,9,16,20H,4,8,11,27H2,1-3H3/t16-,20+/m0/s1. The number of ether oxygens (including phenoxy) is 3. The maximum atomic E-state index is 12.2. The molecule has 9 heteroatoms. The molecule has 0 bridgehead atoms. The molecule has 2 N–H and O–H groups in total. The van der Waals surface area contributed by atoms with Crippen molar-refractivity contribution in [2.75, 3.05) is 33.9 Å². The molecular weight excluding hydrogens is 410 g/mol. The highest BCUT2D eigenvalue weighted by Crippen LogP contribution is 2.53. The van der Waals surface area contributed by atoms with Crippen LogP contribution in [0.15, 0.2) is 41.1 Å². The zero-order valence-electron chi connectivity index (χ0n) is 18.1. The fraction of sp³-hybridized carbons (Fsp3) is 0.391. The first-order valence-electron chi connectivity index (χ1n) is 9.99. The third kappa shape index (κ3) is 3.36. The first kappa shape index (κ1) is 22.5. The number of carbonyl (C=O) groups excluding carboxylic acids is 1. The second-order valence-electron chi connectivity index (χ2n) is 7.37. The molecule has 0 radical (unpaired) electrons. The van der Waals surface area contributed by atoms with E-state index in [9.17, 15) is 20.6 Å². The highest BCUT2D eigenvalue weighted by Gasteiger charge is 2.53. The lowest BCUT2D eigenvalue weighted by Crippen LogP contribution is -2.48. The molecule has 0 aromatic heterocycles. The lowest BCUT2D eigenvalue weighted by molar-refractivity contribution is 0.117. The molecule has 1 heterocycles. The number of methoxy groups -OCH3 is 2. The molecule has 2 aliphatic rings. The number of fused-ring (bicyclic) bond motifs is 1. The van der Waals surface area contributed by atoms with Crippen LogP contribution in [0.5, 0.6) is 11.5 Å². The average molecular weight is 433 g/mol. The molecule has 1 aliphatic carbocycles. The van der Waals surface area contributed by atoms with Gasteiger partial charge in [0.2, 0.25) is 5.41 Å². The molecule has 2 atom stereocenters. The highest BCUT2D eigenvalue weighted by molar-refractivity contribution is 5.69. The van der Waals surface area contributed by atoms with Gasteiger partial charge in [-0.3, -0.25) is 0 Å². The summed E-state index contributed by atoms with van der Waals surface area (Å²) in [5, 5.41) is 29.9. The molecule has 164 valence electrons. The van der Waals surface area contributed by atoms with Crippen molar-refractivity contribution >= 4 is 6.09 Å². The lowest BCUT2D eigenvalue weighted by atomic mass is 9.60. The first-order chi connectivity index (χ1) is 15.4. The average Bonchev–Trinajstić information content (AvgIpc) is 2.83. The smallest absolute Gasteiger partial charge is 0.409 e. The Morgan fingerprint density at radius 1 is 1.25 bits per heavy atom. The Balaban J connectivity index is 2.25. The van der Waals surface area contributed by atoms with Crippen LogP contribution in [-0.2, 0) is 4.74 Å². The number of allylic oxidation sites excluding steroid dienone is 2. The Labute approximate surface area is 186 Å². The molecule has 1 aromatic carbocycles. The lowest BCUT2D eigenvalue weighted by Gasteiger charge is -2.44. The number of carbonyl (C=O) groups is 1. The molecule has 0 fully saturated rings. The number of nitrogens with two attached hydrogens (primary N) is 1. The molecular formula is C23H23N5O4. The van der Waals surface area contributed by atoms with Crippen LogP contribution in [0.4, 0.5) is 4.79 Å². The molecule has 1 aromatic rings. The summed E-state index contributed by atoms with van der Waals surface area (Å²) in [5.74, 6) is -0.113. The van der Waals surface area contributed by atoms with Gasteiger partial charge in [-0.25, -0.2) is 4.79 Å². The summed E-state index contributed by atoms with van der Waals surface area (Å²) in [6, 6.07) is 11.4. The van der Waals surface area contributed by atoms with Gasteiger partial charge in [0.05, 0.1) is 50.3 Å². The van der Waals surface area contributed by atoms with E-state index in [0.717, 1.165) is 0 Å². The van der Waals surface area contributed by atoms with Gasteiger partial charge in [0.15, 0.2) is 11.5 Å². The van der Waals surface area contributed by atoms with Crippen LogP contribution in [-0.4, -0.2) is 44.9 Å². The summed E-state index contributed by atoms with van der Waals surface area (Å²) in [7, 11) is 2.80. The van der Waals surface area contributed by atoms with Gasteiger partial charge in [0, 0.05) is 24.9 Å². The van der Waals surface area contributed by atoms with Crippen LogP contribution in [0.3, 0.4) is 0 Å². The predicted octanol–water partition coefficient (Wildman–Crippen LogP) is 2.59. The summed E-state index contributed by atoms with van der Waals surface area (Å²) < 4.78 is 15.9. The number of benzene rings is 1. The van der Waals surface area contributed by atoms with E-state index in [-0.39, 0.29) is 24.4 Å². The molecule has 9 nitrogen and oxygen atoms in total. The van der Waals surface area contributed by atoms with Crippen LogP contribution in [0.25, 0.3) is 0 Å². The summed E-state index contributed by atoms with van der Waals surface area (Å²) in [5.41, 5.74) is 5.74. The summed E-state index contributed by atoms with van der Waals surface area (Å²) in [4.78, 5) is 13.7. The molecule has 1 amide bonds. The van der Waals surface area contributed by atoms with Gasteiger partial charge < -0.3 is 24.8 Å². The number of nitriles is 3. The van der Waals surface area contributed by atoms with E-state index in [1.165, 1.54) is 19.1 Å². The topological polar surface area (TPSA) is 145 Å². The molecule has 0 spiro atoms. The maximum absolute atomic E-state index is 12.2. The molecule has 3 rings (SSSR count). The minimum Gasteiger partial charge on any atom is -0.493 e. The van der Waals surface area contributed by atoms with E-state index in [4.69, 9.17) is 19.9 Å². The fourth-order valence-corrected chi connectivity index (χ4v) is 4.45. The van der Waals surface area contributed by atoms with Crippen molar-refractivity contribution in [1.29, 1.82) is 15.8 Å². The normalized spacial score (nSPS) is 21.2. The summed E-state index contributed by atoms with van der Waals surface area (Å²) >= 11 is 0. The Kier molecular flexibility index (Phi) is 6.27. The Hall–Kier alpha value is -4.16. The molecule has 1 aliphatic heterocycles. The van der Waals surface area contributed by atoms with E-state index in [0.29, 0.717) is 29.2 Å². The van der Waals surface area contributed by atoms with Gasteiger partial charge in [0.1, 0.15) is 0 Å². The van der Waals surface area contributed by atoms with Gasteiger partial charge >= 0.3 is 6.09 Å². The number of nitrogens with zero attached hydrogens (tertiary/aromatic N) is 4. The van der Waals surface area contributed by atoms with Crippen molar-refractivity contribution in [1.82, 2.24) is 4.90 Å². The van der Waals surface area contributed by atoms with E-state index in [1.54, 1.807) is 24.3 Å². The number of hydrogen-bond acceptors (Lipinski definition) is 8. The molecule has 0 saturated carbocycles. The summed E-state index contributed by atoms with van der Waals surface area (Å²) in [6.07, 6.45) is 1.13. The second-order valence-corrected chi connectivity index (χ2v) is 7.37. The van der Waals surface area contributed by atoms with E-state index in [1.807, 2.05) is 19.1 Å². The first-order valence-corrected chi connectivity index (χ1v) is 9.99. The van der Waals surface area contributed by atoms with Crippen molar-refractivity contribution in [2.24, 2.45) is 17.1 Å². The third-order valence-electron chi connectivity index (χ3n) is 5.92. The zero-order chi connectivity index (χ0) is 23.5. The molecule has 0 unspecified atom stereocenters. The zero-order valence-corrected chi connectivity index (χ0v) is 18.1. The molecule has 0 saturated heterocycles. The van der Waals surface area contributed by atoms with Crippen molar-refractivity contribution in [3.63, 3.8) is 0 Å². The van der Waals surface area contributed by atoms with Gasteiger partial charge in [-0.1, -0.05) is 12.1 Å². The van der Waals surface area contributed by atoms with Crippen molar-refractivity contribution in [2.45, 2.75) is 12.8 Å². The van der Waals surface area contributed by atoms with Crippen molar-refractivity contribution in [3.8, 4) is 29.7 Å². The van der Waals surface area contributed by atoms with Gasteiger partial charge in [0.25, 0.3) is 0 Å². The van der Waals surface area contributed by atoms with Crippen molar-refractivity contribution < 1.29 is 19.0 Å². The van der Waals surface area contributed by atoms with E-state index >= 15 is 0 Å². The quantitative estimate of drug-likeness (QED) is 0.713. The Bertz CT molecular complexity index is 1100. The Morgan fingerprint density at radius 3 is 2.53 bits per heavy atom. The van der Waals surface area contributed by atoms with E-state index in [2.05, 4.69) is 6.07 Å². The summed E-state index contributed by atoms with van der Waals surface area (Å²) in [6.45, 7) is 2.63. The number of rotatable bonds is 4. The largest absolute Gasteiger partial charge is 0.493 e. The van der Waals surface area contributed by atoms with Crippen molar-refractivity contribution in [3.05, 3.63) is 46.7 Å². The second kappa shape index (κ2) is 8.91. The van der Waals surface area contributed by atoms with Crippen LogP contribution in [0, 0.1) is 45.3 Å². The number of amides is 1. The van der Waals surface area contributed by atoms with Gasteiger partial charge in [-0.15, -0.1) is 0 Å². The van der Waals surface area contributed by atoms with E-state index < -0.39 is 23.3 Å². The predicted molar refractivity (Wildman–Crippen MR) is 113 cm³/mol. The number of hydrogen-bond donors (Lipinski definition) is 1. The van der Waals surface area contributed by atoms with Crippen LogP contribution in [0.2, 0.25) is 0 Å². The van der Waals surface area contributed by atoms with Gasteiger partial charge in [-0.2, -0.15) is 15.8 Å². The SMILES string of the molecule is CCOc1ccc([C@@H]2C(C#N)=C(N)C(C#N)(C#N)C3=CCN(C(=O)OC)C[C@@H]32)cc1OC. The fourth-order valence-electron chi connectivity index (χ4n) is 4.45. The Morgan fingerprint density at radius 2 is 1.97 bits per heavy atom. The molecule has 32 heavy (non-hydrogen) atoms. The monoisotopic (exact) mass is 433 g/mol. The van der Waals surface area contributed by atoms with Gasteiger partial charge in [-0.05, 0) is 30.2 Å². The maximum Gasteiger partial charge on any atom is 0.409 e.